The lowest BCUT2D eigenvalue weighted by atomic mass is 10.0. The van der Waals surface area contributed by atoms with Crippen molar-refractivity contribution >= 4 is 23.2 Å². The molecular weight excluding hydrogens is 357 g/mol. The standard InChI is InChI=1S/C20H19F3N2O2/c1-12(26)25(2)14-9-7-13(8-10-14)24-19(27)17-11-16(17)15-5-3-4-6-18(15)20(21,22)23/h3-10,16-17H,11H2,1-2H3,(H,24,27). The van der Waals surface area contributed by atoms with Gasteiger partial charge in [-0.05, 0) is 48.2 Å². The maximum Gasteiger partial charge on any atom is 0.416 e. The molecule has 0 heterocycles. The molecule has 0 aliphatic heterocycles. The predicted octanol–water partition coefficient (Wildman–Crippen LogP) is 4.43. The SMILES string of the molecule is CC(=O)N(C)c1ccc(NC(=O)C2CC2c2ccccc2C(F)(F)F)cc1. The van der Waals surface area contributed by atoms with Gasteiger partial charge >= 0.3 is 6.18 Å². The topological polar surface area (TPSA) is 49.4 Å². The van der Waals surface area contributed by atoms with E-state index in [1.165, 1.54) is 24.0 Å². The summed E-state index contributed by atoms with van der Waals surface area (Å²) in [5, 5.41) is 2.73. The molecule has 0 bridgehead atoms. The Morgan fingerprint density at radius 1 is 1.07 bits per heavy atom. The first-order valence-electron chi connectivity index (χ1n) is 8.50. The smallest absolute Gasteiger partial charge is 0.326 e. The number of carbonyl (C=O) groups is 2. The molecule has 4 nitrogen and oxygen atoms in total. The van der Waals surface area contributed by atoms with E-state index in [2.05, 4.69) is 5.32 Å². The van der Waals surface area contributed by atoms with Crippen LogP contribution in [0.25, 0.3) is 0 Å². The molecule has 2 aromatic rings. The first kappa shape index (κ1) is 18.9. The van der Waals surface area contributed by atoms with E-state index in [4.69, 9.17) is 0 Å². The summed E-state index contributed by atoms with van der Waals surface area (Å²) in [5.41, 5.74) is 0.713. The minimum absolute atomic E-state index is 0.115. The van der Waals surface area contributed by atoms with Crippen LogP contribution in [0.1, 0.15) is 30.4 Å². The van der Waals surface area contributed by atoms with E-state index in [-0.39, 0.29) is 17.4 Å². The van der Waals surface area contributed by atoms with Crippen molar-refractivity contribution < 1.29 is 22.8 Å². The average molecular weight is 376 g/mol. The van der Waals surface area contributed by atoms with Gasteiger partial charge in [0.1, 0.15) is 0 Å². The molecule has 1 N–H and O–H groups in total. The first-order chi connectivity index (χ1) is 12.7. The van der Waals surface area contributed by atoms with Crippen LogP contribution < -0.4 is 10.2 Å². The molecule has 0 aromatic heterocycles. The highest BCUT2D eigenvalue weighted by atomic mass is 19.4. The fraction of sp³-hybridized carbons (Fsp3) is 0.300. The maximum atomic E-state index is 13.1. The van der Waals surface area contributed by atoms with Crippen molar-refractivity contribution in [3.63, 3.8) is 0 Å². The third-order valence-electron chi connectivity index (χ3n) is 4.79. The van der Waals surface area contributed by atoms with Crippen molar-refractivity contribution in [2.45, 2.75) is 25.4 Å². The number of hydrogen-bond acceptors (Lipinski definition) is 2. The van der Waals surface area contributed by atoms with E-state index in [0.717, 1.165) is 6.07 Å². The van der Waals surface area contributed by atoms with Gasteiger partial charge < -0.3 is 10.2 Å². The summed E-state index contributed by atoms with van der Waals surface area (Å²) in [6, 6.07) is 12.1. The average Bonchev–Trinajstić information content (AvgIpc) is 3.42. The summed E-state index contributed by atoms with van der Waals surface area (Å²) >= 11 is 0. The van der Waals surface area contributed by atoms with Gasteiger partial charge in [-0.1, -0.05) is 18.2 Å². The van der Waals surface area contributed by atoms with Crippen molar-refractivity contribution in [1.29, 1.82) is 0 Å². The number of halogens is 3. The zero-order chi connectivity index (χ0) is 19.8. The molecule has 0 spiro atoms. The molecule has 2 aromatic carbocycles. The first-order valence-corrected chi connectivity index (χ1v) is 8.50. The third kappa shape index (κ3) is 4.13. The number of amides is 2. The van der Waals surface area contributed by atoms with Gasteiger partial charge in [0.05, 0.1) is 5.56 Å². The van der Waals surface area contributed by atoms with Gasteiger partial charge in [-0.25, -0.2) is 0 Å². The molecular formula is C20H19F3N2O2. The highest BCUT2D eigenvalue weighted by Crippen LogP contribution is 2.51. The molecule has 1 aliphatic rings. The Balaban J connectivity index is 1.67. The number of rotatable bonds is 4. The molecule has 3 rings (SSSR count). The van der Waals surface area contributed by atoms with E-state index in [1.807, 2.05) is 0 Å². The van der Waals surface area contributed by atoms with E-state index in [9.17, 15) is 22.8 Å². The Labute approximate surface area is 155 Å². The molecule has 2 unspecified atom stereocenters. The molecule has 27 heavy (non-hydrogen) atoms. The number of nitrogens with zero attached hydrogens (tertiary/aromatic N) is 1. The molecule has 142 valence electrons. The van der Waals surface area contributed by atoms with Gasteiger partial charge in [-0.2, -0.15) is 13.2 Å². The van der Waals surface area contributed by atoms with E-state index in [0.29, 0.717) is 17.8 Å². The van der Waals surface area contributed by atoms with Gasteiger partial charge in [-0.3, -0.25) is 9.59 Å². The number of carbonyl (C=O) groups excluding carboxylic acids is 2. The van der Waals surface area contributed by atoms with Crippen LogP contribution in [-0.4, -0.2) is 18.9 Å². The van der Waals surface area contributed by atoms with Crippen LogP contribution in [0, 0.1) is 5.92 Å². The molecule has 2 amide bonds. The van der Waals surface area contributed by atoms with Crippen molar-refractivity contribution in [1.82, 2.24) is 0 Å². The van der Waals surface area contributed by atoms with Gasteiger partial charge in [-0.15, -0.1) is 0 Å². The summed E-state index contributed by atoms with van der Waals surface area (Å²) in [4.78, 5) is 25.2. The van der Waals surface area contributed by atoms with Crippen molar-refractivity contribution in [3.8, 4) is 0 Å². The number of benzene rings is 2. The van der Waals surface area contributed by atoms with E-state index in [1.54, 1.807) is 37.4 Å². The summed E-state index contributed by atoms with van der Waals surface area (Å²) in [6.45, 7) is 1.45. The maximum absolute atomic E-state index is 13.1. The number of alkyl halides is 3. The second-order valence-corrected chi connectivity index (χ2v) is 6.65. The summed E-state index contributed by atoms with van der Waals surface area (Å²) in [7, 11) is 1.64. The van der Waals surface area contributed by atoms with Crippen LogP contribution in [0.2, 0.25) is 0 Å². The van der Waals surface area contributed by atoms with Crippen LogP contribution in [-0.2, 0) is 15.8 Å². The fourth-order valence-corrected chi connectivity index (χ4v) is 3.09. The number of anilines is 2. The molecule has 0 saturated heterocycles. The molecule has 2 atom stereocenters. The Hall–Kier alpha value is -2.83. The second-order valence-electron chi connectivity index (χ2n) is 6.65. The van der Waals surface area contributed by atoms with Crippen molar-refractivity contribution in [3.05, 3.63) is 59.7 Å². The number of nitrogens with one attached hydrogen (secondary N) is 1. The van der Waals surface area contributed by atoms with Gasteiger partial charge in [0, 0.05) is 31.3 Å². The van der Waals surface area contributed by atoms with Gasteiger partial charge in [0.2, 0.25) is 11.8 Å². The van der Waals surface area contributed by atoms with Crippen molar-refractivity contribution in [2.24, 2.45) is 5.92 Å². The quantitative estimate of drug-likeness (QED) is 0.858. The van der Waals surface area contributed by atoms with Crippen LogP contribution in [0.4, 0.5) is 24.5 Å². The Morgan fingerprint density at radius 2 is 1.70 bits per heavy atom. The lowest BCUT2D eigenvalue weighted by Crippen LogP contribution is -2.22. The van der Waals surface area contributed by atoms with E-state index < -0.39 is 23.6 Å². The molecule has 1 fully saturated rings. The largest absolute Gasteiger partial charge is 0.416 e. The zero-order valence-electron chi connectivity index (χ0n) is 14.9. The highest BCUT2D eigenvalue weighted by Gasteiger charge is 2.47. The fourth-order valence-electron chi connectivity index (χ4n) is 3.09. The minimum atomic E-state index is -4.43. The Bertz CT molecular complexity index is 862. The summed E-state index contributed by atoms with van der Waals surface area (Å²) < 4.78 is 39.4. The lowest BCUT2D eigenvalue weighted by molar-refractivity contribution is -0.138. The predicted molar refractivity (Wildman–Crippen MR) is 96.4 cm³/mol. The van der Waals surface area contributed by atoms with Crippen LogP contribution in [0.3, 0.4) is 0 Å². The minimum Gasteiger partial charge on any atom is -0.326 e. The zero-order valence-corrected chi connectivity index (χ0v) is 14.9. The van der Waals surface area contributed by atoms with Crippen molar-refractivity contribution in [2.75, 3.05) is 17.3 Å². The molecule has 1 saturated carbocycles. The monoisotopic (exact) mass is 376 g/mol. The van der Waals surface area contributed by atoms with Gasteiger partial charge in [0.15, 0.2) is 0 Å². The lowest BCUT2D eigenvalue weighted by Gasteiger charge is -2.15. The molecule has 0 radical (unpaired) electrons. The normalized spacial score (nSPS) is 18.7. The Kier molecular flexibility index (Phi) is 4.95. The summed E-state index contributed by atoms with van der Waals surface area (Å²) in [6.07, 6.45) is -4.04. The highest BCUT2D eigenvalue weighted by molar-refractivity contribution is 5.96. The third-order valence-corrected chi connectivity index (χ3v) is 4.79. The van der Waals surface area contributed by atoms with E-state index >= 15 is 0 Å². The molecule has 7 heteroatoms. The number of hydrogen-bond donors (Lipinski definition) is 1. The summed E-state index contributed by atoms with van der Waals surface area (Å²) in [5.74, 6) is -1.32. The van der Waals surface area contributed by atoms with Gasteiger partial charge in [0.25, 0.3) is 0 Å². The second kappa shape index (κ2) is 7.06. The van der Waals surface area contributed by atoms with Crippen LogP contribution in [0.15, 0.2) is 48.5 Å². The Morgan fingerprint density at radius 3 is 2.30 bits per heavy atom. The molecule has 1 aliphatic carbocycles. The van der Waals surface area contributed by atoms with Crippen LogP contribution >= 0.6 is 0 Å². The van der Waals surface area contributed by atoms with Crippen LogP contribution in [0.5, 0.6) is 0 Å².